The monoisotopic (exact) mass is 470 g/mol. The van der Waals surface area contributed by atoms with Crippen LogP contribution in [0.1, 0.15) is 51.6 Å². The molecule has 10 nitrogen and oxygen atoms in total. The molecule has 10 heteroatoms. The Morgan fingerprint density at radius 3 is 2.74 bits per heavy atom. The van der Waals surface area contributed by atoms with E-state index in [-0.39, 0.29) is 31.4 Å². The van der Waals surface area contributed by atoms with E-state index in [9.17, 15) is 19.2 Å². The van der Waals surface area contributed by atoms with Crippen LogP contribution in [-0.4, -0.2) is 64.8 Å². The summed E-state index contributed by atoms with van der Waals surface area (Å²) < 4.78 is 12.2. The highest BCUT2D eigenvalue weighted by Gasteiger charge is 2.30. The number of amides is 3. The van der Waals surface area contributed by atoms with E-state index < -0.39 is 23.2 Å². The molecule has 0 spiro atoms. The zero-order valence-electron chi connectivity index (χ0n) is 19.9. The van der Waals surface area contributed by atoms with E-state index in [2.05, 4.69) is 22.1 Å². The Morgan fingerprint density at radius 2 is 2.03 bits per heavy atom. The molecule has 1 aliphatic rings. The molecule has 3 rings (SSSR count). The first-order chi connectivity index (χ1) is 16.1. The van der Waals surface area contributed by atoms with E-state index >= 15 is 0 Å². The fourth-order valence-electron chi connectivity index (χ4n) is 3.58. The summed E-state index contributed by atoms with van der Waals surface area (Å²) >= 11 is 0. The summed E-state index contributed by atoms with van der Waals surface area (Å²) in [6.45, 7) is 6.57. The molecule has 0 aliphatic carbocycles. The second kappa shape index (κ2) is 10.6. The molecule has 1 saturated heterocycles. The predicted octanol–water partition coefficient (Wildman–Crippen LogP) is 1.93. The minimum atomic E-state index is -0.746. The molecule has 182 valence electrons. The van der Waals surface area contributed by atoms with Gasteiger partial charge in [-0.15, -0.1) is 0 Å². The first-order valence-corrected chi connectivity index (χ1v) is 11.1. The van der Waals surface area contributed by atoms with E-state index in [1.807, 2.05) is 20.8 Å². The van der Waals surface area contributed by atoms with Crippen LogP contribution in [0.2, 0.25) is 0 Å². The number of H-pyrrole nitrogens is 1. The van der Waals surface area contributed by atoms with Crippen molar-refractivity contribution >= 4 is 28.9 Å². The Bertz CT molecular complexity index is 1190. The van der Waals surface area contributed by atoms with Crippen molar-refractivity contribution in [3.63, 3.8) is 0 Å². The highest BCUT2D eigenvalue weighted by Crippen LogP contribution is 2.23. The number of ether oxygens (including phenoxy) is 2. The largest absolute Gasteiger partial charge is 0.444 e. The smallest absolute Gasteiger partial charge is 0.410 e. The minimum absolute atomic E-state index is 0.180. The van der Waals surface area contributed by atoms with E-state index in [1.54, 1.807) is 25.2 Å². The molecule has 34 heavy (non-hydrogen) atoms. The molecule has 1 aromatic heterocycles. The lowest BCUT2D eigenvalue weighted by atomic mass is 10.1. The Hall–Kier alpha value is -3.58. The molecule has 1 aliphatic heterocycles. The summed E-state index contributed by atoms with van der Waals surface area (Å²) in [5.74, 6) is 5.10. The quantitative estimate of drug-likeness (QED) is 0.378. The maximum Gasteiger partial charge on any atom is 0.410 e. The molecule has 2 heterocycles. The summed E-state index contributed by atoms with van der Waals surface area (Å²) in [6.07, 6.45) is 0.707. The molecule has 1 fully saturated rings. The van der Waals surface area contributed by atoms with Crippen LogP contribution in [0.25, 0.3) is 11.0 Å². The van der Waals surface area contributed by atoms with Gasteiger partial charge in [0.25, 0.3) is 0 Å². The molecule has 1 atom stereocenters. The van der Waals surface area contributed by atoms with Gasteiger partial charge >= 0.3 is 11.8 Å². The lowest BCUT2D eigenvalue weighted by molar-refractivity contribution is -0.135. The van der Waals surface area contributed by atoms with Gasteiger partial charge in [-0.2, -0.15) is 0 Å². The van der Waals surface area contributed by atoms with Crippen LogP contribution in [0, 0.1) is 11.8 Å². The summed E-state index contributed by atoms with van der Waals surface area (Å²) in [5, 5.41) is 2.28. The molecule has 0 radical (unpaired) electrons. The SMILES string of the molecule is CN(CCCOCC#Cc1cccc2c1[nH]c(=O)n2C1CCC(=O)NC1=O)C(=O)OC(C)(C)C. The first kappa shape index (κ1) is 25.1. The highest BCUT2D eigenvalue weighted by molar-refractivity contribution is 6.00. The average Bonchev–Trinajstić information content (AvgIpc) is 3.08. The number of carbonyl (C=O) groups is 3. The van der Waals surface area contributed by atoms with Crippen LogP contribution in [-0.2, 0) is 19.1 Å². The highest BCUT2D eigenvalue weighted by atomic mass is 16.6. The number of nitrogens with zero attached hydrogens (tertiary/aromatic N) is 2. The number of fused-ring (bicyclic) bond motifs is 1. The van der Waals surface area contributed by atoms with Crippen molar-refractivity contribution in [3.05, 3.63) is 34.2 Å². The van der Waals surface area contributed by atoms with Crippen molar-refractivity contribution in [2.24, 2.45) is 0 Å². The standard InChI is InChI=1S/C24H30N4O6/c1-24(2,3)34-23(32)27(4)13-7-15-33-14-6-9-16-8-5-10-17-20(16)26-22(31)28(17)18-11-12-19(29)25-21(18)30/h5,8,10,18H,7,11-15H2,1-4H3,(H,26,31)(H,25,29,30). The number of rotatable bonds is 6. The number of benzene rings is 1. The van der Waals surface area contributed by atoms with E-state index in [1.165, 1.54) is 9.47 Å². The number of aromatic amines is 1. The summed E-state index contributed by atoms with van der Waals surface area (Å²) in [4.78, 5) is 52.5. The molecule has 3 amide bonds. The van der Waals surface area contributed by atoms with E-state index in [0.29, 0.717) is 36.2 Å². The number of aromatic nitrogens is 2. The van der Waals surface area contributed by atoms with E-state index in [0.717, 1.165) is 0 Å². The van der Waals surface area contributed by atoms with Crippen LogP contribution in [0.4, 0.5) is 4.79 Å². The fraction of sp³-hybridized carbons (Fsp3) is 0.500. The Morgan fingerprint density at radius 1 is 1.26 bits per heavy atom. The van der Waals surface area contributed by atoms with Gasteiger partial charge < -0.3 is 19.4 Å². The third-order valence-corrected chi connectivity index (χ3v) is 5.16. The number of imide groups is 1. The average molecular weight is 471 g/mol. The normalized spacial score (nSPS) is 16.1. The Kier molecular flexibility index (Phi) is 7.79. The fourth-order valence-corrected chi connectivity index (χ4v) is 3.58. The Labute approximate surface area is 197 Å². The van der Waals surface area contributed by atoms with Crippen molar-refractivity contribution in [1.29, 1.82) is 0 Å². The maximum atomic E-state index is 12.6. The third-order valence-electron chi connectivity index (χ3n) is 5.16. The second-order valence-corrected chi connectivity index (χ2v) is 9.08. The Balaban J connectivity index is 1.56. The van der Waals surface area contributed by atoms with Gasteiger partial charge in [0, 0.05) is 26.6 Å². The molecule has 2 aromatic rings. The van der Waals surface area contributed by atoms with Gasteiger partial charge in [0.15, 0.2) is 0 Å². The molecule has 0 saturated carbocycles. The zero-order valence-corrected chi connectivity index (χ0v) is 19.9. The third kappa shape index (κ3) is 6.26. The molecule has 2 N–H and O–H groups in total. The predicted molar refractivity (Wildman–Crippen MR) is 125 cm³/mol. The summed E-state index contributed by atoms with van der Waals surface area (Å²) in [7, 11) is 1.68. The van der Waals surface area contributed by atoms with Crippen LogP contribution in [0.3, 0.4) is 0 Å². The van der Waals surface area contributed by atoms with Crippen LogP contribution >= 0.6 is 0 Å². The summed E-state index contributed by atoms with van der Waals surface area (Å²) in [5.41, 5.74) is 0.729. The molecular formula is C24H30N4O6. The van der Waals surface area contributed by atoms with Gasteiger partial charge in [-0.05, 0) is 45.7 Å². The van der Waals surface area contributed by atoms with Gasteiger partial charge in [-0.3, -0.25) is 19.5 Å². The molecule has 1 aromatic carbocycles. The van der Waals surface area contributed by atoms with Crippen LogP contribution in [0.5, 0.6) is 0 Å². The van der Waals surface area contributed by atoms with E-state index in [4.69, 9.17) is 9.47 Å². The maximum absolute atomic E-state index is 12.6. The number of hydrogen-bond donors (Lipinski definition) is 2. The number of piperidine rings is 1. The number of carbonyl (C=O) groups excluding carboxylic acids is 3. The van der Waals surface area contributed by atoms with Crippen molar-refractivity contribution in [2.45, 2.75) is 51.7 Å². The summed E-state index contributed by atoms with van der Waals surface area (Å²) in [6, 6.07) is 4.52. The lowest BCUT2D eigenvalue weighted by Gasteiger charge is -2.24. The van der Waals surface area contributed by atoms with Gasteiger partial charge in [-0.1, -0.05) is 17.9 Å². The number of hydrogen-bond acceptors (Lipinski definition) is 6. The number of para-hydroxylation sites is 1. The minimum Gasteiger partial charge on any atom is -0.444 e. The van der Waals surface area contributed by atoms with Gasteiger partial charge in [-0.25, -0.2) is 9.59 Å². The first-order valence-electron chi connectivity index (χ1n) is 11.1. The van der Waals surface area contributed by atoms with Gasteiger partial charge in [0.05, 0.1) is 16.6 Å². The lowest BCUT2D eigenvalue weighted by Crippen LogP contribution is -2.43. The van der Waals surface area contributed by atoms with Crippen molar-refractivity contribution < 1.29 is 23.9 Å². The van der Waals surface area contributed by atoms with Crippen LogP contribution < -0.4 is 11.0 Å². The molecule has 0 bridgehead atoms. The number of nitrogens with one attached hydrogen (secondary N) is 2. The van der Waals surface area contributed by atoms with Gasteiger partial charge in [0.2, 0.25) is 11.8 Å². The molecule has 1 unspecified atom stereocenters. The zero-order chi connectivity index (χ0) is 24.9. The van der Waals surface area contributed by atoms with Crippen molar-refractivity contribution in [2.75, 3.05) is 26.8 Å². The van der Waals surface area contributed by atoms with Gasteiger partial charge in [0.1, 0.15) is 18.2 Å². The van der Waals surface area contributed by atoms with Crippen molar-refractivity contribution in [3.8, 4) is 11.8 Å². The number of imidazole rings is 1. The van der Waals surface area contributed by atoms with Crippen LogP contribution in [0.15, 0.2) is 23.0 Å². The molecular weight excluding hydrogens is 440 g/mol. The topological polar surface area (TPSA) is 123 Å². The van der Waals surface area contributed by atoms with Crippen molar-refractivity contribution in [1.82, 2.24) is 19.8 Å². The second-order valence-electron chi connectivity index (χ2n) is 9.08.